The van der Waals surface area contributed by atoms with Crippen LogP contribution in [-0.4, -0.2) is 38.3 Å². The Balaban J connectivity index is 3.58. The van der Waals surface area contributed by atoms with Crippen molar-refractivity contribution in [2.45, 2.75) is 64.5 Å². The number of carboxylic acids is 2. The van der Waals surface area contributed by atoms with E-state index in [4.69, 9.17) is 0 Å². The van der Waals surface area contributed by atoms with Crippen LogP contribution in [0.25, 0.3) is 0 Å². The monoisotopic (exact) mass is 286 g/mol. The fourth-order valence-electron chi connectivity index (χ4n) is 4.02. The number of carbonyl (C=O) groups is 2. The Morgan fingerprint density at radius 3 is 1.25 bits per heavy atom. The zero-order valence-corrected chi connectivity index (χ0v) is 12.5. The fraction of sp³-hybridized carbons (Fsp3) is 0.857. The molecule has 1 aliphatic heterocycles. The topological polar surface area (TPSA) is 97.7 Å². The van der Waals surface area contributed by atoms with Crippen LogP contribution in [0.3, 0.4) is 0 Å². The standard InChI is InChI=1S/C14H24NO5/c1-5-13(6-2)9(11(16)17)10(12(18)19)14(7-3,8-4)15(13)20/h9-10H,5-8H2,1-4H3,(H,16,17)(H,18,19). The molecular weight excluding hydrogens is 262 g/mol. The van der Waals surface area contributed by atoms with Gasteiger partial charge in [-0.3, -0.25) is 9.59 Å². The third kappa shape index (κ3) is 1.93. The van der Waals surface area contributed by atoms with Gasteiger partial charge in [0.2, 0.25) is 0 Å². The maximum atomic E-state index is 12.9. The highest BCUT2D eigenvalue weighted by atomic mass is 16.5. The molecule has 0 aromatic heterocycles. The molecule has 0 bridgehead atoms. The second-order valence-electron chi connectivity index (χ2n) is 5.55. The molecule has 2 atom stereocenters. The summed E-state index contributed by atoms with van der Waals surface area (Å²) in [5, 5.41) is 32.8. The van der Waals surface area contributed by atoms with Crippen LogP contribution < -0.4 is 0 Å². The first-order valence-corrected chi connectivity index (χ1v) is 7.22. The van der Waals surface area contributed by atoms with Crippen molar-refractivity contribution in [3.63, 3.8) is 0 Å². The van der Waals surface area contributed by atoms with E-state index in [0.29, 0.717) is 25.7 Å². The van der Waals surface area contributed by atoms with Crippen molar-refractivity contribution in [2.75, 3.05) is 0 Å². The lowest BCUT2D eigenvalue weighted by atomic mass is 9.71. The predicted octanol–water partition coefficient (Wildman–Crippen LogP) is 2.17. The zero-order chi connectivity index (χ0) is 15.7. The molecule has 20 heavy (non-hydrogen) atoms. The van der Waals surface area contributed by atoms with Gasteiger partial charge in [-0.05, 0) is 25.7 Å². The summed E-state index contributed by atoms with van der Waals surface area (Å²) in [4.78, 5) is 23.4. The van der Waals surface area contributed by atoms with Crippen LogP contribution in [0.15, 0.2) is 0 Å². The summed E-state index contributed by atoms with van der Waals surface area (Å²) in [6, 6.07) is 0. The first-order valence-electron chi connectivity index (χ1n) is 7.22. The van der Waals surface area contributed by atoms with Crippen molar-refractivity contribution in [3.8, 4) is 0 Å². The van der Waals surface area contributed by atoms with Gasteiger partial charge >= 0.3 is 11.9 Å². The summed E-state index contributed by atoms with van der Waals surface area (Å²) >= 11 is 0. The Morgan fingerprint density at radius 1 is 0.850 bits per heavy atom. The number of rotatable bonds is 6. The molecule has 6 nitrogen and oxygen atoms in total. The molecule has 1 radical (unpaired) electrons. The van der Waals surface area contributed by atoms with Gasteiger partial charge in [-0.15, -0.1) is 10.3 Å². The molecule has 0 saturated carbocycles. The first-order chi connectivity index (χ1) is 9.28. The van der Waals surface area contributed by atoms with Crippen LogP contribution in [0.5, 0.6) is 0 Å². The Morgan fingerprint density at radius 2 is 1.10 bits per heavy atom. The normalized spacial score (nSPS) is 28.4. The summed E-state index contributed by atoms with van der Waals surface area (Å²) < 4.78 is 0. The second kappa shape index (κ2) is 5.69. The van der Waals surface area contributed by atoms with Crippen molar-refractivity contribution >= 4 is 11.9 Å². The molecule has 6 heteroatoms. The van der Waals surface area contributed by atoms with Crippen LogP contribution in [0.4, 0.5) is 0 Å². The Kier molecular flexibility index (Phi) is 4.82. The van der Waals surface area contributed by atoms with E-state index in [9.17, 15) is 25.0 Å². The van der Waals surface area contributed by atoms with E-state index >= 15 is 0 Å². The van der Waals surface area contributed by atoms with Gasteiger partial charge in [-0.1, -0.05) is 27.7 Å². The summed E-state index contributed by atoms with van der Waals surface area (Å²) in [7, 11) is 0. The lowest BCUT2D eigenvalue weighted by Crippen LogP contribution is -2.53. The van der Waals surface area contributed by atoms with Crippen molar-refractivity contribution in [3.05, 3.63) is 0 Å². The van der Waals surface area contributed by atoms with Gasteiger partial charge < -0.3 is 10.2 Å². The van der Waals surface area contributed by atoms with E-state index in [2.05, 4.69) is 0 Å². The molecule has 0 spiro atoms. The maximum Gasteiger partial charge on any atom is 0.309 e. The molecule has 115 valence electrons. The highest BCUT2D eigenvalue weighted by molar-refractivity contribution is 5.83. The lowest BCUT2D eigenvalue weighted by molar-refractivity contribution is -0.271. The molecule has 2 N–H and O–H groups in total. The van der Waals surface area contributed by atoms with Crippen LogP contribution in [-0.2, 0) is 14.8 Å². The van der Waals surface area contributed by atoms with Crippen molar-refractivity contribution in [1.82, 2.24) is 5.06 Å². The third-order valence-electron chi connectivity index (χ3n) is 5.28. The van der Waals surface area contributed by atoms with Crippen molar-refractivity contribution in [2.24, 2.45) is 11.8 Å². The minimum Gasteiger partial charge on any atom is -0.481 e. The van der Waals surface area contributed by atoms with Gasteiger partial charge in [0.1, 0.15) is 0 Å². The molecular formula is C14H24NO5. The van der Waals surface area contributed by atoms with Gasteiger partial charge in [0.05, 0.1) is 22.9 Å². The van der Waals surface area contributed by atoms with Crippen LogP contribution >= 0.6 is 0 Å². The smallest absolute Gasteiger partial charge is 0.309 e. The van der Waals surface area contributed by atoms with Gasteiger partial charge in [-0.2, -0.15) is 0 Å². The number of hydrogen-bond acceptors (Lipinski definition) is 3. The average Bonchev–Trinajstić information content (AvgIpc) is 2.65. The second-order valence-corrected chi connectivity index (χ2v) is 5.55. The van der Waals surface area contributed by atoms with E-state index in [1.165, 1.54) is 0 Å². The minimum atomic E-state index is -1.19. The van der Waals surface area contributed by atoms with Crippen molar-refractivity contribution < 1.29 is 25.0 Å². The predicted molar refractivity (Wildman–Crippen MR) is 71.4 cm³/mol. The van der Waals surface area contributed by atoms with Crippen molar-refractivity contribution in [1.29, 1.82) is 0 Å². The Labute approximate surface area is 119 Å². The SMILES string of the molecule is CCC1(CC)C(C(=O)O)C(C(=O)O)C(CC)(CC)N1[O]. The van der Waals surface area contributed by atoms with Crippen LogP contribution in [0.1, 0.15) is 53.4 Å². The number of hydrogen-bond donors (Lipinski definition) is 2. The van der Waals surface area contributed by atoms with E-state index < -0.39 is 34.9 Å². The maximum absolute atomic E-state index is 12.9. The molecule has 1 saturated heterocycles. The molecule has 0 amide bonds. The zero-order valence-electron chi connectivity index (χ0n) is 12.5. The van der Waals surface area contributed by atoms with Crippen LogP contribution in [0, 0.1) is 11.8 Å². The van der Waals surface area contributed by atoms with Gasteiger partial charge in [-0.25, -0.2) is 0 Å². The van der Waals surface area contributed by atoms with E-state index in [-0.39, 0.29) is 0 Å². The number of hydroxylamine groups is 2. The van der Waals surface area contributed by atoms with E-state index in [0.717, 1.165) is 5.06 Å². The first kappa shape index (κ1) is 16.9. The molecule has 0 aromatic carbocycles. The lowest BCUT2D eigenvalue weighted by Gasteiger charge is -2.40. The molecule has 2 unspecified atom stereocenters. The number of aliphatic carboxylic acids is 2. The van der Waals surface area contributed by atoms with E-state index in [1.807, 2.05) is 0 Å². The highest BCUT2D eigenvalue weighted by Crippen LogP contribution is 2.54. The molecule has 1 fully saturated rings. The number of carboxylic acid groups (broad SMARTS) is 2. The fourth-order valence-corrected chi connectivity index (χ4v) is 4.02. The summed E-state index contributed by atoms with van der Waals surface area (Å²) in [6.07, 6.45) is 1.32. The molecule has 1 rings (SSSR count). The highest BCUT2D eigenvalue weighted by Gasteiger charge is 2.69. The van der Waals surface area contributed by atoms with E-state index in [1.54, 1.807) is 27.7 Å². The largest absolute Gasteiger partial charge is 0.481 e. The summed E-state index contributed by atoms with van der Waals surface area (Å²) in [6.45, 7) is 7.02. The third-order valence-corrected chi connectivity index (χ3v) is 5.28. The minimum absolute atomic E-state index is 0.329. The Hall–Kier alpha value is -1.14. The van der Waals surface area contributed by atoms with Gasteiger partial charge in [0.25, 0.3) is 0 Å². The molecule has 0 aliphatic carbocycles. The van der Waals surface area contributed by atoms with Gasteiger partial charge in [0.15, 0.2) is 0 Å². The average molecular weight is 286 g/mol. The molecule has 0 aromatic rings. The summed E-state index contributed by atoms with van der Waals surface area (Å²) in [5.74, 6) is -4.73. The van der Waals surface area contributed by atoms with Gasteiger partial charge in [0, 0.05) is 0 Å². The number of nitrogens with zero attached hydrogens (tertiary/aromatic N) is 1. The molecule has 1 heterocycles. The molecule has 1 aliphatic rings. The summed E-state index contributed by atoms with van der Waals surface area (Å²) in [5.41, 5.74) is -2.28. The van der Waals surface area contributed by atoms with Crippen LogP contribution in [0.2, 0.25) is 0 Å². The quantitative estimate of drug-likeness (QED) is 0.779. The Bertz CT molecular complexity index is 351.